The summed E-state index contributed by atoms with van der Waals surface area (Å²) in [6.07, 6.45) is 1.45. The Morgan fingerprint density at radius 3 is 2.75 bits per heavy atom. The van der Waals surface area contributed by atoms with E-state index in [-0.39, 0.29) is 11.4 Å². The lowest BCUT2D eigenvalue weighted by atomic mass is 10.3. The molecule has 106 valence electrons. The number of pyridine rings is 2. The number of aryl methyl sites for hydroxylation is 1. The molecule has 0 spiro atoms. The predicted molar refractivity (Wildman–Crippen MR) is 76.8 cm³/mol. The number of anilines is 1. The van der Waals surface area contributed by atoms with E-state index in [1.54, 1.807) is 13.1 Å². The summed E-state index contributed by atoms with van der Waals surface area (Å²) in [5, 5.41) is 2.81. The van der Waals surface area contributed by atoms with Crippen molar-refractivity contribution in [3.05, 3.63) is 47.9 Å². The van der Waals surface area contributed by atoms with Gasteiger partial charge in [-0.25, -0.2) is 18.1 Å². The quantitative estimate of drug-likeness (QED) is 0.868. The molecule has 0 aliphatic rings. The molecule has 0 aliphatic heterocycles. The zero-order chi connectivity index (χ0) is 14.6. The van der Waals surface area contributed by atoms with E-state index in [1.807, 2.05) is 19.1 Å². The first-order valence-corrected chi connectivity index (χ1v) is 7.55. The summed E-state index contributed by atoms with van der Waals surface area (Å²) in [4.78, 5) is 8.41. The van der Waals surface area contributed by atoms with Crippen LogP contribution in [0.2, 0.25) is 0 Å². The molecule has 2 rings (SSSR count). The van der Waals surface area contributed by atoms with Crippen LogP contribution in [0.1, 0.15) is 11.4 Å². The van der Waals surface area contributed by atoms with E-state index in [9.17, 15) is 8.42 Å². The molecule has 6 nitrogen and oxygen atoms in total. The summed E-state index contributed by atoms with van der Waals surface area (Å²) in [6.45, 7) is 2.02. The average molecular weight is 292 g/mol. The van der Waals surface area contributed by atoms with Crippen molar-refractivity contribution >= 4 is 15.8 Å². The lowest BCUT2D eigenvalue weighted by molar-refractivity contribution is 0.580. The van der Waals surface area contributed by atoms with E-state index < -0.39 is 10.0 Å². The van der Waals surface area contributed by atoms with Gasteiger partial charge in [-0.3, -0.25) is 4.98 Å². The molecule has 0 atom stereocenters. The van der Waals surface area contributed by atoms with Gasteiger partial charge in [0.05, 0.1) is 17.1 Å². The molecular formula is C13H16N4O2S. The van der Waals surface area contributed by atoms with Gasteiger partial charge in [0.25, 0.3) is 0 Å². The van der Waals surface area contributed by atoms with Crippen LogP contribution in [0.4, 0.5) is 5.82 Å². The van der Waals surface area contributed by atoms with Crippen molar-refractivity contribution in [1.82, 2.24) is 14.7 Å². The Bertz CT molecular complexity index is 701. The van der Waals surface area contributed by atoms with E-state index in [0.717, 1.165) is 5.69 Å². The second kappa shape index (κ2) is 5.98. The molecule has 0 saturated heterocycles. The zero-order valence-electron chi connectivity index (χ0n) is 11.3. The van der Waals surface area contributed by atoms with Gasteiger partial charge in [-0.05, 0) is 25.1 Å². The SMILES string of the molecule is CNc1cc(S(=O)(=O)NCc2cccc(C)n2)ccn1. The first-order valence-electron chi connectivity index (χ1n) is 6.07. The summed E-state index contributed by atoms with van der Waals surface area (Å²) in [5.41, 5.74) is 1.53. The maximum absolute atomic E-state index is 12.2. The third-order valence-corrected chi connectivity index (χ3v) is 4.09. The van der Waals surface area contributed by atoms with Gasteiger partial charge in [-0.2, -0.15) is 0 Å². The van der Waals surface area contributed by atoms with Gasteiger partial charge < -0.3 is 5.32 Å². The van der Waals surface area contributed by atoms with Gasteiger partial charge in [0, 0.05) is 25.0 Å². The van der Waals surface area contributed by atoms with E-state index in [2.05, 4.69) is 20.0 Å². The molecule has 0 bridgehead atoms. The van der Waals surface area contributed by atoms with Crippen molar-refractivity contribution in [2.45, 2.75) is 18.4 Å². The van der Waals surface area contributed by atoms with Gasteiger partial charge in [-0.1, -0.05) is 6.07 Å². The van der Waals surface area contributed by atoms with E-state index >= 15 is 0 Å². The highest BCUT2D eigenvalue weighted by atomic mass is 32.2. The standard InChI is InChI=1S/C13H16N4O2S/c1-10-4-3-5-11(17-10)9-16-20(18,19)12-6-7-15-13(8-12)14-2/h3-8,16H,9H2,1-2H3,(H,14,15). The summed E-state index contributed by atoms with van der Waals surface area (Å²) in [5.74, 6) is 0.501. The smallest absolute Gasteiger partial charge is 0.241 e. The fraction of sp³-hybridized carbons (Fsp3) is 0.231. The zero-order valence-corrected chi connectivity index (χ0v) is 12.1. The third kappa shape index (κ3) is 3.52. The number of nitrogens with zero attached hydrogens (tertiary/aromatic N) is 2. The molecule has 0 fully saturated rings. The Kier molecular flexibility index (Phi) is 4.31. The molecule has 0 aromatic carbocycles. The normalized spacial score (nSPS) is 11.3. The molecule has 2 aromatic heterocycles. The highest BCUT2D eigenvalue weighted by Crippen LogP contribution is 2.12. The van der Waals surface area contributed by atoms with Crippen molar-refractivity contribution in [2.24, 2.45) is 0 Å². The summed E-state index contributed by atoms with van der Waals surface area (Å²) >= 11 is 0. The fourth-order valence-corrected chi connectivity index (χ4v) is 2.68. The number of sulfonamides is 1. The van der Waals surface area contributed by atoms with Gasteiger partial charge in [0.15, 0.2) is 0 Å². The third-order valence-electron chi connectivity index (χ3n) is 2.69. The molecule has 0 radical (unpaired) electrons. The van der Waals surface area contributed by atoms with Crippen LogP contribution in [-0.4, -0.2) is 25.4 Å². The molecule has 7 heteroatoms. The Morgan fingerprint density at radius 1 is 1.25 bits per heavy atom. The molecule has 0 amide bonds. The van der Waals surface area contributed by atoms with Crippen LogP contribution in [0.3, 0.4) is 0 Å². The molecular weight excluding hydrogens is 276 g/mol. The predicted octanol–water partition coefficient (Wildman–Crippen LogP) is 1.31. The Hall–Kier alpha value is -1.99. The highest BCUT2D eigenvalue weighted by Gasteiger charge is 2.14. The molecule has 2 N–H and O–H groups in total. The maximum atomic E-state index is 12.2. The van der Waals surface area contributed by atoms with Crippen molar-refractivity contribution in [2.75, 3.05) is 12.4 Å². The molecule has 0 saturated carbocycles. The van der Waals surface area contributed by atoms with Crippen LogP contribution in [0.25, 0.3) is 0 Å². The number of nitrogens with one attached hydrogen (secondary N) is 2. The number of hydrogen-bond donors (Lipinski definition) is 2. The van der Waals surface area contributed by atoms with Crippen LogP contribution in [-0.2, 0) is 16.6 Å². The van der Waals surface area contributed by atoms with E-state index in [1.165, 1.54) is 18.3 Å². The van der Waals surface area contributed by atoms with E-state index in [0.29, 0.717) is 11.5 Å². The summed E-state index contributed by atoms with van der Waals surface area (Å²) in [7, 11) is -1.89. The fourth-order valence-electron chi connectivity index (χ4n) is 1.67. The van der Waals surface area contributed by atoms with Crippen LogP contribution < -0.4 is 10.0 Å². The second-order valence-corrected chi connectivity index (χ2v) is 5.99. The molecule has 0 aliphatic carbocycles. The maximum Gasteiger partial charge on any atom is 0.241 e. The van der Waals surface area contributed by atoms with Crippen molar-refractivity contribution in [3.63, 3.8) is 0 Å². The van der Waals surface area contributed by atoms with E-state index in [4.69, 9.17) is 0 Å². The van der Waals surface area contributed by atoms with Crippen molar-refractivity contribution in [1.29, 1.82) is 0 Å². The monoisotopic (exact) mass is 292 g/mol. The minimum absolute atomic E-state index is 0.154. The first kappa shape index (κ1) is 14.4. The van der Waals surface area contributed by atoms with Crippen LogP contribution >= 0.6 is 0 Å². The van der Waals surface area contributed by atoms with Crippen LogP contribution in [0, 0.1) is 6.92 Å². The molecule has 2 aromatic rings. The lowest BCUT2D eigenvalue weighted by Crippen LogP contribution is -2.24. The number of aromatic nitrogens is 2. The van der Waals surface area contributed by atoms with Crippen LogP contribution in [0.5, 0.6) is 0 Å². The highest BCUT2D eigenvalue weighted by molar-refractivity contribution is 7.89. The number of rotatable bonds is 5. The Morgan fingerprint density at radius 2 is 2.05 bits per heavy atom. The Balaban J connectivity index is 2.15. The lowest BCUT2D eigenvalue weighted by Gasteiger charge is -2.08. The largest absolute Gasteiger partial charge is 0.373 e. The van der Waals surface area contributed by atoms with Crippen molar-refractivity contribution in [3.8, 4) is 0 Å². The minimum Gasteiger partial charge on any atom is -0.373 e. The number of hydrogen-bond acceptors (Lipinski definition) is 5. The van der Waals surface area contributed by atoms with Gasteiger partial charge in [0.2, 0.25) is 10.0 Å². The molecule has 0 unspecified atom stereocenters. The Labute approximate surface area is 118 Å². The second-order valence-electron chi connectivity index (χ2n) is 4.22. The van der Waals surface area contributed by atoms with Gasteiger partial charge in [0.1, 0.15) is 5.82 Å². The van der Waals surface area contributed by atoms with Gasteiger partial charge in [-0.15, -0.1) is 0 Å². The topological polar surface area (TPSA) is 84.0 Å². The van der Waals surface area contributed by atoms with Crippen LogP contribution in [0.15, 0.2) is 41.4 Å². The van der Waals surface area contributed by atoms with Gasteiger partial charge >= 0.3 is 0 Å². The first-order chi connectivity index (χ1) is 9.51. The summed E-state index contributed by atoms with van der Waals surface area (Å²) in [6, 6.07) is 8.41. The average Bonchev–Trinajstić information content (AvgIpc) is 2.45. The molecule has 20 heavy (non-hydrogen) atoms. The minimum atomic E-state index is -3.57. The molecule has 2 heterocycles. The summed E-state index contributed by atoms with van der Waals surface area (Å²) < 4.78 is 26.9. The van der Waals surface area contributed by atoms with Crippen molar-refractivity contribution < 1.29 is 8.42 Å².